The molecule has 1 aliphatic heterocycles. The van der Waals surface area contributed by atoms with Crippen LogP contribution in [0.3, 0.4) is 0 Å². The molecule has 34 heavy (non-hydrogen) atoms. The van der Waals surface area contributed by atoms with Crippen LogP contribution in [0, 0.1) is 5.92 Å². The summed E-state index contributed by atoms with van der Waals surface area (Å²) in [5.41, 5.74) is 4.78. The van der Waals surface area contributed by atoms with E-state index in [-0.39, 0.29) is 11.8 Å². The van der Waals surface area contributed by atoms with Crippen molar-refractivity contribution in [2.24, 2.45) is 5.92 Å². The lowest BCUT2D eigenvalue weighted by molar-refractivity contribution is -0.125. The molecule has 178 valence electrons. The Morgan fingerprint density at radius 2 is 1.68 bits per heavy atom. The predicted molar refractivity (Wildman–Crippen MR) is 136 cm³/mol. The highest BCUT2D eigenvalue weighted by atomic mass is 16.5. The molecule has 5 heteroatoms. The number of piperidine rings is 1. The fraction of sp³-hybridized carbons (Fsp3) is 0.345. The van der Waals surface area contributed by atoms with E-state index in [1.54, 1.807) is 7.11 Å². The van der Waals surface area contributed by atoms with Gasteiger partial charge in [-0.1, -0.05) is 61.5 Å². The van der Waals surface area contributed by atoms with Crippen LogP contribution in [-0.2, 0) is 24.4 Å². The minimum absolute atomic E-state index is 0.0559. The highest BCUT2D eigenvalue weighted by Gasteiger charge is 2.25. The van der Waals surface area contributed by atoms with Gasteiger partial charge in [0.15, 0.2) is 11.5 Å². The molecule has 0 radical (unpaired) electrons. The van der Waals surface area contributed by atoms with Crippen molar-refractivity contribution in [2.45, 2.75) is 39.3 Å². The van der Waals surface area contributed by atoms with Crippen LogP contribution < -0.4 is 19.7 Å². The van der Waals surface area contributed by atoms with Gasteiger partial charge in [-0.3, -0.25) is 4.79 Å². The molecule has 1 N–H and O–H groups in total. The Labute approximate surface area is 202 Å². The SMILES string of the molecule is CCc1ccccc1N1CCC(C(=O)NCc2ccc(OCc3ccccc3)c(OC)c2)CC1. The quantitative estimate of drug-likeness (QED) is 0.468. The van der Waals surface area contributed by atoms with E-state index in [4.69, 9.17) is 9.47 Å². The molecule has 0 unspecified atom stereocenters. The van der Waals surface area contributed by atoms with Crippen LogP contribution in [0.15, 0.2) is 72.8 Å². The van der Waals surface area contributed by atoms with Gasteiger partial charge in [0.25, 0.3) is 0 Å². The van der Waals surface area contributed by atoms with E-state index in [1.807, 2.05) is 48.5 Å². The molecule has 4 rings (SSSR count). The molecular weight excluding hydrogens is 424 g/mol. The molecule has 0 atom stereocenters. The maximum Gasteiger partial charge on any atom is 0.223 e. The first-order valence-corrected chi connectivity index (χ1v) is 12.1. The third kappa shape index (κ3) is 5.90. The summed E-state index contributed by atoms with van der Waals surface area (Å²) in [5.74, 6) is 1.55. The lowest BCUT2D eigenvalue weighted by Gasteiger charge is -2.34. The Bertz CT molecular complexity index is 1080. The molecule has 0 saturated carbocycles. The number of nitrogens with one attached hydrogen (secondary N) is 1. The summed E-state index contributed by atoms with van der Waals surface area (Å²) in [6.07, 6.45) is 2.77. The number of carbonyl (C=O) groups excluding carboxylic acids is 1. The van der Waals surface area contributed by atoms with Crippen molar-refractivity contribution < 1.29 is 14.3 Å². The van der Waals surface area contributed by atoms with E-state index >= 15 is 0 Å². The van der Waals surface area contributed by atoms with Crippen LogP contribution in [0.25, 0.3) is 0 Å². The molecule has 1 aliphatic rings. The molecule has 5 nitrogen and oxygen atoms in total. The Morgan fingerprint density at radius 3 is 2.41 bits per heavy atom. The molecule has 3 aromatic carbocycles. The zero-order valence-corrected chi connectivity index (χ0v) is 20.1. The third-order valence-corrected chi connectivity index (χ3v) is 6.51. The molecule has 3 aromatic rings. The van der Waals surface area contributed by atoms with Gasteiger partial charge in [-0.2, -0.15) is 0 Å². The lowest BCUT2D eigenvalue weighted by Crippen LogP contribution is -2.40. The molecule has 0 aromatic heterocycles. The molecule has 0 aliphatic carbocycles. The van der Waals surface area contributed by atoms with E-state index in [0.717, 1.165) is 43.5 Å². The van der Waals surface area contributed by atoms with E-state index in [1.165, 1.54) is 11.3 Å². The first kappa shape index (κ1) is 23.7. The predicted octanol–water partition coefficient (Wildman–Crippen LogP) is 5.37. The van der Waals surface area contributed by atoms with Crippen LogP contribution in [0.1, 0.15) is 36.5 Å². The van der Waals surface area contributed by atoms with Crippen molar-refractivity contribution in [3.05, 3.63) is 89.5 Å². The minimum atomic E-state index is 0.0559. The zero-order valence-electron chi connectivity index (χ0n) is 20.1. The standard InChI is InChI=1S/C29H34N2O3/c1-3-24-11-7-8-12-26(24)31-17-15-25(16-18-31)29(32)30-20-23-13-14-27(28(19-23)33-2)34-21-22-9-5-4-6-10-22/h4-14,19,25H,3,15-18,20-21H2,1-2H3,(H,30,32). The molecule has 0 spiro atoms. The normalized spacial score (nSPS) is 14.0. The van der Waals surface area contributed by atoms with Gasteiger partial charge < -0.3 is 19.7 Å². The van der Waals surface area contributed by atoms with Crippen LogP contribution in [0.4, 0.5) is 5.69 Å². The lowest BCUT2D eigenvalue weighted by atomic mass is 9.94. The fourth-order valence-corrected chi connectivity index (χ4v) is 4.51. The third-order valence-electron chi connectivity index (χ3n) is 6.51. The smallest absolute Gasteiger partial charge is 0.223 e. The molecule has 0 bridgehead atoms. The van der Waals surface area contributed by atoms with Crippen molar-refractivity contribution in [3.8, 4) is 11.5 Å². The maximum atomic E-state index is 12.8. The van der Waals surface area contributed by atoms with Crippen molar-refractivity contribution >= 4 is 11.6 Å². The van der Waals surface area contributed by atoms with Crippen LogP contribution in [-0.4, -0.2) is 26.1 Å². The average Bonchev–Trinajstić information content (AvgIpc) is 2.91. The summed E-state index contributed by atoms with van der Waals surface area (Å²) in [5, 5.41) is 3.12. The summed E-state index contributed by atoms with van der Waals surface area (Å²) in [7, 11) is 1.64. The molecule has 1 saturated heterocycles. The number of ether oxygens (including phenoxy) is 2. The number of aryl methyl sites for hydroxylation is 1. The zero-order chi connectivity index (χ0) is 23.8. The number of methoxy groups -OCH3 is 1. The van der Waals surface area contributed by atoms with Gasteiger partial charge in [0, 0.05) is 31.2 Å². The number of amides is 1. The highest BCUT2D eigenvalue weighted by Crippen LogP contribution is 2.29. The van der Waals surface area contributed by atoms with Crippen molar-refractivity contribution in [1.29, 1.82) is 0 Å². The second-order valence-corrected chi connectivity index (χ2v) is 8.72. The summed E-state index contributed by atoms with van der Waals surface area (Å²) in [4.78, 5) is 15.3. The molecular formula is C29H34N2O3. The molecule has 1 fully saturated rings. The summed E-state index contributed by atoms with van der Waals surface area (Å²) in [6.45, 7) is 4.98. The van der Waals surface area contributed by atoms with Gasteiger partial charge in [-0.05, 0) is 54.2 Å². The van der Waals surface area contributed by atoms with Crippen LogP contribution >= 0.6 is 0 Å². The Kier molecular flexibility index (Phi) is 8.08. The summed E-state index contributed by atoms with van der Waals surface area (Å²) < 4.78 is 11.5. The van der Waals surface area contributed by atoms with Crippen molar-refractivity contribution in [1.82, 2.24) is 5.32 Å². The number of para-hydroxylation sites is 1. The number of hydrogen-bond acceptors (Lipinski definition) is 4. The second-order valence-electron chi connectivity index (χ2n) is 8.72. The molecule has 1 amide bonds. The van der Waals surface area contributed by atoms with Crippen molar-refractivity contribution in [2.75, 3.05) is 25.1 Å². The Morgan fingerprint density at radius 1 is 0.941 bits per heavy atom. The van der Waals surface area contributed by atoms with Gasteiger partial charge in [0.2, 0.25) is 5.91 Å². The number of hydrogen-bond donors (Lipinski definition) is 1. The van der Waals surface area contributed by atoms with Gasteiger partial charge in [-0.15, -0.1) is 0 Å². The molecule has 1 heterocycles. The fourth-order valence-electron chi connectivity index (χ4n) is 4.51. The van der Waals surface area contributed by atoms with Crippen molar-refractivity contribution in [3.63, 3.8) is 0 Å². The Balaban J connectivity index is 1.28. The number of nitrogens with zero attached hydrogens (tertiary/aromatic N) is 1. The average molecular weight is 459 g/mol. The van der Waals surface area contributed by atoms with Gasteiger partial charge in [0.1, 0.15) is 6.61 Å². The van der Waals surface area contributed by atoms with Gasteiger partial charge in [0.05, 0.1) is 7.11 Å². The van der Waals surface area contributed by atoms with E-state index in [9.17, 15) is 4.79 Å². The van der Waals surface area contributed by atoms with Gasteiger partial charge >= 0.3 is 0 Å². The topological polar surface area (TPSA) is 50.8 Å². The Hall–Kier alpha value is -3.47. The van der Waals surface area contributed by atoms with E-state index < -0.39 is 0 Å². The number of rotatable bonds is 9. The van der Waals surface area contributed by atoms with Crippen LogP contribution in [0.5, 0.6) is 11.5 Å². The minimum Gasteiger partial charge on any atom is -0.493 e. The van der Waals surface area contributed by atoms with E-state index in [0.29, 0.717) is 24.7 Å². The first-order valence-electron chi connectivity index (χ1n) is 12.1. The summed E-state index contributed by atoms with van der Waals surface area (Å²) in [6, 6.07) is 24.4. The highest BCUT2D eigenvalue weighted by molar-refractivity contribution is 5.79. The van der Waals surface area contributed by atoms with Gasteiger partial charge in [-0.25, -0.2) is 0 Å². The van der Waals surface area contributed by atoms with E-state index in [2.05, 4.69) is 41.4 Å². The van der Waals surface area contributed by atoms with Crippen LogP contribution in [0.2, 0.25) is 0 Å². The first-order chi connectivity index (χ1) is 16.7. The monoisotopic (exact) mass is 458 g/mol. The maximum absolute atomic E-state index is 12.8. The largest absolute Gasteiger partial charge is 0.493 e. The number of carbonyl (C=O) groups is 1. The number of benzene rings is 3. The second kappa shape index (κ2) is 11.6. The number of anilines is 1. The summed E-state index contributed by atoms with van der Waals surface area (Å²) >= 11 is 0.